The molecule has 1 aliphatic heterocycles. The van der Waals surface area contributed by atoms with Crippen molar-refractivity contribution in [1.29, 1.82) is 0 Å². The molecule has 4 rings (SSSR count). The number of nitrogens with zero attached hydrogens (tertiary/aromatic N) is 4. The smallest absolute Gasteiger partial charge is 0.223 e. The summed E-state index contributed by atoms with van der Waals surface area (Å²) in [5.41, 5.74) is 7.14. The van der Waals surface area contributed by atoms with Crippen molar-refractivity contribution in [2.75, 3.05) is 48.3 Å². The van der Waals surface area contributed by atoms with Gasteiger partial charge in [-0.2, -0.15) is 4.98 Å². The van der Waals surface area contributed by atoms with Gasteiger partial charge in [0.2, 0.25) is 5.95 Å². The highest BCUT2D eigenvalue weighted by Gasteiger charge is 2.21. The quantitative estimate of drug-likeness (QED) is 0.561. The van der Waals surface area contributed by atoms with Crippen molar-refractivity contribution in [3.8, 4) is 5.75 Å². The molecule has 0 saturated carbocycles. The van der Waals surface area contributed by atoms with Crippen LogP contribution in [-0.4, -0.2) is 42.8 Å². The van der Waals surface area contributed by atoms with Gasteiger partial charge >= 0.3 is 0 Å². The maximum atomic E-state index is 6.01. The van der Waals surface area contributed by atoms with E-state index < -0.39 is 0 Å². The molecular weight excluding hydrogens is 418 g/mol. The molecule has 0 radical (unpaired) electrons. The monoisotopic (exact) mass is 441 g/mol. The first kappa shape index (κ1) is 20.6. The number of halogens is 1. The molecule has 2 N–H and O–H groups in total. The number of nitrogens with two attached hydrogens (primary N) is 1. The predicted molar refractivity (Wildman–Crippen MR) is 124 cm³/mol. The number of ether oxygens (including phenoxy) is 1. The number of para-hydroxylation sites is 2. The third kappa shape index (κ3) is 4.91. The molecule has 2 aromatic carbocycles. The zero-order chi connectivity index (χ0) is 20.9. The summed E-state index contributed by atoms with van der Waals surface area (Å²) >= 11 is 7.53. The molecule has 0 atom stereocenters. The van der Waals surface area contributed by atoms with Gasteiger partial charge in [0.25, 0.3) is 0 Å². The highest BCUT2D eigenvalue weighted by molar-refractivity contribution is 7.99. The molecule has 156 valence electrons. The van der Waals surface area contributed by atoms with E-state index in [0.717, 1.165) is 53.4 Å². The average Bonchev–Trinajstić information content (AvgIpc) is 2.76. The lowest BCUT2D eigenvalue weighted by atomic mass is 10.2. The predicted octanol–water partition coefficient (Wildman–Crippen LogP) is 4.59. The van der Waals surface area contributed by atoms with Crippen LogP contribution >= 0.6 is 23.4 Å². The molecule has 8 heteroatoms. The number of hydrogen-bond donors (Lipinski definition) is 1. The lowest BCUT2D eigenvalue weighted by molar-refractivity contribution is 0.340. The minimum atomic E-state index is 0.285. The molecule has 1 aliphatic rings. The van der Waals surface area contributed by atoms with Gasteiger partial charge in [-0.1, -0.05) is 35.5 Å². The Morgan fingerprint density at radius 1 is 1.00 bits per heavy atom. The summed E-state index contributed by atoms with van der Waals surface area (Å²) < 4.78 is 5.79. The minimum absolute atomic E-state index is 0.285. The van der Waals surface area contributed by atoms with Gasteiger partial charge in [-0.05, 0) is 43.3 Å². The zero-order valence-corrected chi connectivity index (χ0v) is 18.4. The van der Waals surface area contributed by atoms with Crippen LogP contribution in [0, 0.1) is 0 Å². The number of nitrogen functional groups attached to an aromatic ring is 1. The van der Waals surface area contributed by atoms with Crippen molar-refractivity contribution in [3.05, 3.63) is 59.6 Å². The first-order valence-corrected chi connectivity index (χ1v) is 11.1. The Balaban J connectivity index is 1.46. The Morgan fingerprint density at radius 3 is 2.43 bits per heavy atom. The largest absolute Gasteiger partial charge is 0.492 e. The average molecular weight is 442 g/mol. The fourth-order valence-corrected chi connectivity index (χ4v) is 4.38. The highest BCUT2D eigenvalue weighted by Crippen LogP contribution is 2.32. The lowest BCUT2D eigenvalue weighted by Gasteiger charge is -2.37. The SMILES string of the molecule is CCOc1ccccc1N1CCN(c2cc(Sc3ccc(Cl)cc3)nc(N)n2)CC1. The van der Waals surface area contributed by atoms with E-state index in [4.69, 9.17) is 22.1 Å². The number of piperazine rings is 1. The van der Waals surface area contributed by atoms with Crippen LogP contribution in [0.1, 0.15) is 6.92 Å². The fraction of sp³-hybridized carbons (Fsp3) is 0.273. The second kappa shape index (κ2) is 9.45. The Hall–Kier alpha value is -2.64. The molecule has 0 unspecified atom stereocenters. The topological polar surface area (TPSA) is 67.5 Å². The van der Waals surface area contributed by atoms with E-state index in [-0.39, 0.29) is 5.95 Å². The zero-order valence-electron chi connectivity index (χ0n) is 16.8. The van der Waals surface area contributed by atoms with Crippen molar-refractivity contribution < 1.29 is 4.74 Å². The van der Waals surface area contributed by atoms with Gasteiger partial charge in [-0.15, -0.1) is 0 Å². The number of benzene rings is 2. The Labute approximate surface area is 186 Å². The van der Waals surface area contributed by atoms with Gasteiger partial charge in [0.1, 0.15) is 16.6 Å². The normalized spacial score (nSPS) is 14.1. The van der Waals surface area contributed by atoms with Crippen LogP contribution < -0.4 is 20.3 Å². The molecular formula is C22H24ClN5OS. The van der Waals surface area contributed by atoms with Gasteiger partial charge in [0.05, 0.1) is 12.3 Å². The molecule has 1 saturated heterocycles. The van der Waals surface area contributed by atoms with Crippen LogP contribution in [0.25, 0.3) is 0 Å². The van der Waals surface area contributed by atoms with Crippen LogP contribution in [0.15, 0.2) is 64.5 Å². The van der Waals surface area contributed by atoms with E-state index in [0.29, 0.717) is 11.6 Å². The minimum Gasteiger partial charge on any atom is -0.492 e. The van der Waals surface area contributed by atoms with Crippen LogP contribution in [0.5, 0.6) is 5.75 Å². The summed E-state index contributed by atoms with van der Waals surface area (Å²) in [7, 11) is 0. The molecule has 2 heterocycles. The van der Waals surface area contributed by atoms with Crippen LogP contribution in [0.2, 0.25) is 5.02 Å². The van der Waals surface area contributed by atoms with Gasteiger partial charge < -0.3 is 20.3 Å². The maximum Gasteiger partial charge on any atom is 0.223 e. The van der Waals surface area contributed by atoms with E-state index >= 15 is 0 Å². The summed E-state index contributed by atoms with van der Waals surface area (Å²) in [4.78, 5) is 14.5. The van der Waals surface area contributed by atoms with Gasteiger partial charge in [0.15, 0.2) is 0 Å². The molecule has 1 aromatic heterocycles. The number of hydrogen-bond acceptors (Lipinski definition) is 7. The standard InChI is InChI=1S/C22H24ClN5OS/c1-2-29-19-6-4-3-5-18(19)27-11-13-28(14-12-27)20-15-21(26-22(24)25-20)30-17-9-7-16(23)8-10-17/h3-10,15H,2,11-14H2,1H3,(H2,24,25,26). The van der Waals surface area contributed by atoms with Crippen molar-refractivity contribution >= 4 is 40.8 Å². The molecule has 1 fully saturated rings. The molecule has 0 spiro atoms. The molecule has 0 amide bonds. The van der Waals surface area contributed by atoms with Gasteiger partial charge in [-0.3, -0.25) is 0 Å². The second-order valence-corrected chi connectivity index (χ2v) is 8.38. The third-order valence-electron chi connectivity index (χ3n) is 4.85. The number of anilines is 3. The maximum absolute atomic E-state index is 6.01. The summed E-state index contributed by atoms with van der Waals surface area (Å²) in [6.07, 6.45) is 0. The van der Waals surface area contributed by atoms with Crippen molar-refractivity contribution in [2.24, 2.45) is 0 Å². The number of rotatable bonds is 6. The van der Waals surface area contributed by atoms with Crippen molar-refractivity contribution in [3.63, 3.8) is 0 Å². The summed E-state index contributed by atoms with van der Waals surface area (Å²) in [6, 6.07) is 17.9. The number of aromatic nitrogens is 2. The third-order valence-corrected chi connectivity index (χ3v) is 6.03. The molecule has 0 aliphatic carbocycles. The lowest BCUT2D eigenvalue weighted by Crippen LogP contribution is -2.47. The summed E-state index contributed by atoms with van der Waals surface area (Å²) in [6.45, 7) is 6.13. The highest BCUT2D eigenvalue weighted by atomic mass is 35.5. The van der Waals surface area contributed by atoms with E-state index in [9.17, 15) is 0 Å². The Morgan fingerprint density at radius 2 is 1.70 bits per heavy atom. The fourth-order valence-electron chi connectivity index (χ4n) is 3.44. The molecule has 3 aromatic rings. The second-order valence-electron chi connectivity index (χ2n) is 6.85. The molecule has 0 bridgehead atoms. The Kier molecular flexibility index (Phi) is 6.50. The van der Waals surface area contributed by atoms with E-state index in [1.54, 1.807) is 11.8 Å². The summed E-state index contributed by atoms with van der Waals surface area (Å²) in [5.74, 6) is 2.08. The van der Waals surface area contributed by atoms with E-state index in [1.807, 2.05) is 49.4 Å². The van der Waals surface area contributed by atoms with Crippen molar-refractivity contribution in [1.82, 2.24) is 9.97 Å². The van der Waals surface area contributed by atoms with Gasteiger partial charge in [-0.25, -0.2) is 4.98 Å². The van der Waals surface area contributed by atoms with Crippen LogP contribution in [0.3, 0.4) is 0 Å². The van der Waals surface area contributed by atoms with E-state index in [2.05, 4.69) is 31.9 Å². The molecule has 30 heavy (non-hydrogen) atoms. The first-order chi connectivity index (χ1) is 14.6. The van der Waals surface area contributed by atoms with Crippen LogP contribution in [-0.2, 0) is 0 Å². The Bertz CT molecular complexity index is 993. The van der Waals surface area contributed by atoms with Crippen molar-refractivity contribution in [2.45, 2.75) is 16.8 Å². The van der Waals surface area contributed by atoms with Gasteiger partial charge in [0, 0.05) is 42.2 Å². The summed E-state index contributed by atoms with van der Waals surface area (Å²) in [5, 5.41) is 1.54. The first-order valence-electron chi connectivity index (χ1n) is 9.92. The molecule has 6 nitrogen and oxygen atoms in total. The van der Waals surface area contributed by atoms with E-state index in [1.165, 1.54) is 0 Å². The van der Waals surface area contributed by atoms with Crippen LogP contribution in [0.4, 0.5) is 17.5 Å².